The van der Waals surface area contributed by atoms with E-state index in [2.05, 4.69) is 10.3 Å². The maximum absolute atomic E-state index is 11.2. The second kappa shape index (κ2) is 5.97. The van der Waals surface area contributed by atoms with Crippen molar-refractivity contribution in [2.45, 2.75) is 18.7 Å². The molecule has 2 N–H and O–H groups in total. The van der Waals surface area contributed by atoms with E-state index in [4.69, 9.17) is 9.66 Å². The van der Waals surface area contributed by atoms with E-state index in [0.29, 0.717) is 11.1 Å². The van der Waals surface area contributed by atoms with E-state index in [1.165, 1.54) is 13.1 Å². The van der Waals surface area contributed by atoms with Crippen LogP contribution in [0.1, 0.15) is 11.1 Å². The van der Waals surface area contributed by atoms with E-state index in [0.717, 1.165) is 5.01 Å². The van der Waals surface area contributed by atoms with Gasteiger partial charge in [-0.2, -0.15) is 8.42 Å². The number of carboxylic acid groups (broad SMARTS) is 1. The third-order valence-corrected chi connectivity index (χ3v) is 3.44. The summed E-state index contributed by atoms with van der Waals surface area (Å²) in [6, 6.07) is 2.74. The lowest BCUT2D eigenvalue weighted by Crippen LogP contribution is -2.19. The second-order valence-corrected chi connectivity index (χ2v) is 5.67. The summed E-state index contributed by atoms with van der Waals surface area (Å²) in [5.74, 6) is -1.06. The van der Waals surface area contributed by atoms with Crippen molar-refractivity contribution in [1.29, 1.82) is 0 Å². The van der Waals surface area contributed by atoms with Gasteiger partial charge in [0.2, 0.25) is 0 Å². The van der Waals surface area contributed by atoms with E-state index in [1.807, 2.05) is 0 Å². The van der Waals surface area contributed by atoms with Crippen LogP contribution in [-0.2, 0) is 14.9 Å². The molecule has 0 spiro atoms. The van der Waals surface area contributed by atoms with Gasteiger partial charge in [-0.15, -0.1) is 5.11 Å². The number of aliphatic carboxylic acids is 1. The van der Waals surface area contributed by atoms with Crippen molar-refractivity contribution in [2.75, 3.05) is 13.6 Å². The Balaban J connectivity index is 3.14. The molecule has 0 atom stereocenters. The van der Waals surface area contributed by atoms with Crippen LogP contribution in [0.15, 0.2) is 27.4 Å². The van der Waals surface area contributed by atoms with Crippen LogP contribution in [-0.4, -0.2) is 42.6 Å². The molecule has 0 fully saturated rings. The summed E-state index contributed by atoms with van der Waals surface area (Å²) in [6.07, 6.45) is 0. The van der Waals surface area contributed by atoms with Crippen molar-refractivity contribution < 1.29 is 22.9 Å². The predicted octanol–water partition coefficient (Wildman–Crippen LogP) is 1.57. The molecule has 1 rings (SSSR count). The molecule has 20 heavy (non-hydrogen) atoms. The predicted molar refractivity (Wildman–Crippen MR) is 70.5 cm³/mol. The molecular formula is C11H15N3O5S. The van der Waals surface area contributed by atoms with Crippen LogP contribution < -0.4 is 0 Å². The van der Waals surface area contributed by atoms with Gasteiger partial charge in [0.15, 0.2) is 0 Å². The molecule has 0 aliphatic carbocycles. The third kappa shape index (κ3) is 4.28. The minimum atomic E-state index is -4.34. The van der Waals surface area contributed by atoms with Gasteiger partial charge in [0.05, 0.1) is 10.6 Å². The second-order valence-electron chi connectivity index (χ2n) is 4.28. The van der Waals surface area contributed by atoms with Crippen molar-refractivity contribution in [3.63, 3.8) is 0 Å². The van der Waals surface area contributed by atoms with E-state index in [9.17, 15) is 13.2 Å². The molecule has 0 saturated carbocycles. The van der Waals surface area contributed by atoms with E-state index < -0.39 is 16.1 Å². The Hall–Kier alpha value is -2.00. The molecule has 0 amide bonds. The number of benzene rings is 1. The summed E-state index contributed by atoms with van der Waals surface area (Å²) in [5, 5.41) is 17.1. The van der Waals surface area contributed by atoms with Gasteiger partial charge in [0.1, 0.15) is 6.54 Å². The van der Waals surface area contributed by atoms with E-state index in [1.54, 1.807) is 19.9 Å². The van der Waals surface area contributed by atoms with Crippen LogP contribution in [0.4, 0.5) is 5.69 Å². The van der Waals surface area contributed by atoms with Crippen LogP contribution in [0.5, 0.6) is 0 Å². The van der Waals surface area contributed by atoms with E-state index >= 15 is 0 Å². The highest BCUT2D eigenvalue weighted by molar-refractivity contribution is 7.85. The number of hydrogen-bond donors (Lipinski definition) is 2. The van der Waals surface area contributed by atoms with Crippen molar-refractivity contribution in [3.05, 3.63) is 23.3 Å². The quantitative estimate of drug-likeness (QED) is 0.484. The van der Waals surface area contributed by atoms with Crippen LogP contribution >= 0.6 is 0 Å². The molecule has 9 heteroatoms. The first kappa shape index (κ1) is 16.1. The first-order valence-corrected chi connectivity index (χ1v) is 6.98. The van der Waals surface area contributed by atoms with Crippen molar-refractivity contribution in [3.8, 4) is 0 Å². The first-order valence-electron chi connectivity index (χ1n) is 5.54. The molecule has 0 radical (unpaired) electrons. The fourth-order valence-electron chi connectivity index (χ4n) is 1.56. The molecule has 0 saturated heterocycles. The number of aryl methyl sites for hydroxylation is 2. The standard InChI is InChI=1S/C11H15N3O5S/c1-7-4-8(2)10(20(17,18)19)5-9(7)12-13-14(3)6-11(15)16/h4-5H,6H2,1-3H3,(H,15,16)(H,17,18,19). The first-order chi connectivity index (χ1) is 9.11. The average molecular weight is 301 g/mol. The maximum atomic E-state index is 11.2. The van der Waals surface area contributed by atoms with Gasteiger partial charge in [0, 0.05) is 7.05 Å². The molecule has 1 aromatic rings. The van der Waals surface area contributed by atoms with Crippen molar-refractivity contribution >= 4 is 21.8 Å². The number of carbonyl (C=O) groups is 1. The minimum absolute atomic E-state index is 0.237. The van der Waals surface area contributed by atoms with Crippen molar-refractivity contribution in [2.24, 2.45) is 10.3 Å². The van der Waals surface area contributed by atoms with Crippen molar-refractivity contribution in [1.82, 2.24) is 5.01 Å². The van der Waals surface area contributed by atoms with Gasteiger partial charge < -0.3 is 5.11 Å². The van der Waals surface area contributed by atoms with Gasteiger partial charge >= 0.3 is 5.97 Å². The Bertz CT molecular complexity index is 654. The van der Waals surface area contributed by atoms with Gasteiger partial charge in [-0.3, -0.25) is 14.4 Å². The van der Waals surface area contributed by atoms with Gasteiger partial charge in [0.25, 0.3) is 10.1 Å². The van der Waals surface area contributed by atoms with Crippen LogP contribution in [0.25, 0.3) is 0 Å². The summed E-state index contributed by atoms with van der Waals surface area (Å²) in [4.78, 5) is 10.2. The monoisotopic (exact) mass is 301 g/mol. The van der Waals surface area contributed by atoms with Gasteiger partial charge in [-0.25, -0.2) is 0 Å². The SMILES string of the molecule is Cc1cc(C)c(S(=O)(=O)O)cc1N=NN(C)CC(=O)O. The summed E-state index contributed by atoms with van der Waals surface area (Å²) in [6.45, 7) is 2.92. The molecule has 0 unspecified atom stereocenters. The fourth-order valence-corrected chi connectivity index (χ4v) is 2.29. The number of nitrogens with zero attached hydrogens (tertiary/aromatic N) is 3. The Morgan fingerprint density at radius 3 is 2.40 bits per heavy atom. The largest absolute Gasteiger partial charge is 0.480 e. The number of carboxylic acids is 1. The molecule has 0 aliphatic heterocycles. The smallest absolute Gasteiger partial charge is 0.324 e. The molecule has 8 nitrogen and oxygen atoms in total. The zero-order valence-corrected chi connectivity index (χ0v) is 12.0. The molecule has 0 heterocycles. The van der Waals surface area contributed by atoms with Crippen LogP contribution in [0, 0.1) is 13.8 Å². The molecule has 1 aromatic carbocycles. The van der Waals surface area contributed by atoms with Crippen LogP contribution in [0.2, 0.25) is 0 Å². The molecule has 110 valence electrons. The van der Waals surface area contributed by atoms with Crippen LogP contribution in [0.3, 0.4) is 0 Å². The lowest BCUT2D eigenvalue weighted by atomic mass is 10.1. The fraction of sp³-hybridized carbons (Fsp3) is 0.364. The highest BCUT2D eigenvalue weighted by Crippen LogP contribution is 2.26. The Kier molecular flexibility index (Phi) is 4.79. The summed E-state index contributed by atoms with van der Waals surface area (Å²) >= 11 is 0. The topological polar surface area (TPSA) is 120 Å². The van der Waals surface area contributed by atoms with E-state index in [-0.39, 0.29) is 17.1 Å². The molecule has 0 aromatic heterocycles. The Labute approximate surface area is 116 Å². The third-order valence-electron chi connectivity index (χ3n) is 2.44. The number of likely N-dealkylation sites (N-methyl/N-ethyl adjacent to an activating group) is 1. The zero-order valence-electron chi connectivity index (χ0n) is 11.2. The zero-order chi connectivity index (χ0) is 15.5. The molecule has 0 bridgehead atoms. The summed E-state index contributed by atoms with van der Waals surface area (Å²) < 4.78 is 31.5. The number of hydrogen-bond acceptors (Lipinski definition) is 5. The summed E-state index contributed by atoms with van der Waals surface area (Å²) in [7, 11) is -2.92. The maximum Gasteiger partial charge on any atom is 0.324 e. The number of rotatable bonds is 5. The summed E-state index contributed by atoms with van der Waals surface area (Å²) in [5.41, 5.74) is 1.28. The molecular weight excluding hydrogens is 286 g/mol. The normalized spacial score (nSPS) is 11.8. The average Bonchev–Trinajstić information content (AvgIpc) is 2.24. The molecule has 0 aliphatic rings. The van der Waals surface area contributed by atoms with Gasteiger partial charge in [-0.1, -0.05) is 11.3 Å². The lowest BCUT2D eigenvalue weighted by Gasteiger charge is -2.09. The highest BCUT2D eigenvalue weighted by Gasteiger charge is 2.15. The Morgan fingerprint density at radius 1 is 1.30 bits per heavy atom. The highest BCUT2D eigenvalue weighted by atomic mass is 32.2. The minimum Gasteiger partial charge on any atom is -0.480 e. The van der Waals surface area contributed by atoms with Gasteiger partial charge in [-0.05, 0) is 31.0 Å². The lowest BCUT2D eigenvalue weighted by molar-refractivity contribution is -0.138. The Morgan fingerprint density at radius 2 is 1.90 bits per heavy atom.